The average Bonchev–Trinajstić information content (AvgIpc) is 3.04. The number of carbonyl (C=O) groups excluding carboxylic acids is 3. The standard InChI is InChI=1S/C13H10BrNO4S/c1-7(16)8-4-9(15-5-8)13(18)19-6-10(17)11-2-3-12(14)20-11/h2-5,15H,6H2,1H3. The molecular weight excluding hydrogens is 346 g/mol. The summed E-state index contributed by atoms with van der Waals surface area (Å²) in [7, 11) is 0. The van der Waals surface area contributed by atoms with Crippen LogP contribution < -0.4 is 0 Å². The van der Waals surface area contributed by atoms with Gasteiger partial charge in [-0.15, -0.1) is 11.3 Å². The first-order chi connectivity index (χ1) is 9.47. The van der Waals surface area contributed by atoms with E-state index >= 15 is 0 Å². The zero-order valence-corrected chi connectivity index (χ0v) is 12.8. The Morgan fingerprint density at radius 1 is 1.35 bits per heavy atom. The number of ether oxygens (including phenoxy) is 1. The topological polar surface area (TPSA) is 76.2 Å². The molecule has 5 nitrogen and oxygen atoms in total. The fraction of sp³-hybridized carbons (Fsp3) is 0.154. The number of esters is 1. The summed E-state index contributed by atoms with van der Waals surface area (Å²) >= 11 is 4.53. The van der Waals surface area contributed by atoms with Crippen molar-refractivity contribution < 1.29 is 19.1 Å². The van der Waals surface area contributed by atoms with Crippen LogP contribution in [0.15, 0.2) is 28.2 Å². The van der Waals surface area contributed by atoms with E-state index in [0.717, 1.165) is 3.79 Å². The van der Waals surface area contributed by atoms with Gasteiger partial charge in [0.15, 0.2) is 12.4 Å². The van der Waals surface area contributed by atoms with Crippen LogP contribution in [0.25, 0.3) is 0 Å². The number of carbonyl (C=O) groups is 3. The number of nitrogens with one attached hydrogen (secondary N) is 1. The molecule has 0 saturated heterocycles. The van der Waals surface area contributed by atoms with Gasteiger partial charge in [0.25, 0.3) is 0 Å². The molecule has 0 radical (unpaired) electrons. The maximum atomic E-state index is 11.8. The third-order valence-electron chi connectivity index (χ3n) is 2.49. The van der Waals surface area contributed by atoms with E-state index in [1.54, 1.807) is 12.1 Å². The summed E-state index contributed by atoms with van der Waals surface area (Å²) in [5, 5.41) is 0. The molecule has 0 aliphatic heterocycles. The maximum Gasteiger partial charge on any atom is 0.355 e. The third kappa shape index (κ3) is 3.43. The molecule has 0 unspecified atom stereocenters. The highest BCUT2D eigenvalue weighted by atomic mass is 79.9. The van der Waals surface area contributed by atoms with Crippen molar-refractivity contribution in [1.82, 2.24) is 4.98 Å². The van der Waals surface area contributed by atoms with Crippen molar-refractivity contribution in [3.05, 3.63) is 44.3 Å². The number of Topliss-reactive ketones (excluding diaryl/α,β-unsaturated/α-hetero) is 2. The Hall–Kier alpha value is -1.73. The van der Waals surface area contributed by atoms with Gasteiger partial charge in [-0.25, -0.2) is 4.79 Å². The fourth-order valence-corrected chi connectivity index (χ4v) is 2.77. The van der Waals surface area contributed by atoms with E-state index in [-0.39, 0.29) is 23.9 Å². The Labute approximate surface area is 127 Å². The molecule has 0 saturated carbocycles. The van der Waals surface area contributed by atoms with Gasteiger partial charge in [0, 0.05) is 11.8 Å². The smallest absolute Gasteiger partial charge is 0.355 e. The van der Waals surface area contributed by atoms with Gasteiger partial charge in [0.2, 0.25) is 5.78 Å². The average molecular weight is 356 g/mol. The van der Waals surface area contributed by atoms with Crippen molar-refractivity contribution in [3.8, 4) is 0 Å². The van der Waals surface area contributed by atoms with Crippen LogP contribution >= 0.6 is 27.3 Å². The van der Waals surface area contributed by atoms with Crippen LogP contribution in [0.5, 0.6) is 0 Å². The van der Waals surface area contributed by atoms with Crippen LogP contribution in [0.1, 0.15) is 37.4 Å². The van der Waals surface area contributed by atoms with Gasteiger partial charge >= 0.3 is 5.97 Å². The Bertz CT molecular complexity index is 673. The van der Waals surface area contributed by atoms with Gasteiger partial charge in [-0.2, -0.15) is 0 Å². The minimum atomic E-state index is -0.665. The second-order valence-electron chi connectivity index (χ2n) is 3.96. The minimum absolute atomic E-state index is 0.148. The summed E-state index contributed by atoms with van der Waals surface area (Å²) < 4.78 is 5.74. The van der Waals surface area contributed by atoms with E-state index in [1.165, 1.54) is 30.5 Å². The van der Waals surface area contributed by atoms with E-state index in [9.17, 15) is 14.4 Å². The first-order valence-electron chi connectivity index (χ1n) is 5.62. The van der Waals surface area contributed by atoms with E-state index in [2.05, 4.69) is 20.9 Å². The molecule has 2 heterocycles. The summed E-state index contributed by atoms with van der Waals surface area (Å²) in [6.45, 7) is 1.07. The lowest BCUT2D eigenvalue weighted by Crippen LogP contribution is -2.13. The Balaban J connectivity index is 1.94. The number of halogens is 1. The number of ketones is 2. The summed E-state index contributed by atoms with van der Waals surface area (Å²) in [5.41, 5.74) is 0.542. The van der Waals surface area contributed by atoms with Crippen molar-refractivity contribution in [2.45, 2.75) is 6.92 Å². The molecule has 0 aliphatic carbocycles. The second kappa shape index (κ2) is 6.15. The lowest BCUT2D eigenvalue weighted by molar-refractivity contribution is 0.0470. The highest BCUT2D eigenvalue weighted by Crippen LogP contribution is 2.22. The second-order valence-corrected chi connectivity index (χ2v) is 6.42. The van der Waals surface area contributed by atoms with Gasteiger partial charge in [0.05, 0.1) is 8.66 Å². The quantitative estimate of drug-likeness (QED) is 0.660. The number of thiophene rings is 1. The predicted octanol–water partition coefficient (Wildman–Crippen LogP) is 3.08. The number of rotatable bonds is 5. The fourth-order valence-electron chi connectivity index (χ4n) is 1.46. The van der Waals surface area contributed by atoms with Gasteiger partial charge in [-0.05, 0) is 41.1 Å². The zero-order valence-electron chi connectivity index (χ0n) is 10.4. The summed E-state index contributed by atoms with van der Waals surface area (Å²) in [5.74, 6) is -1.09. The van der Waals surface area contributed by atoms with Gasteiger partial charge in [-0.3, -0.25) is 9.59 Å². The molecule has 0 aliphatic rings. The molecule has 7 heteroatoms. The monoisotopic (exact) mass is 355 g/mol. The van der Waals surface area contributed by atoms with E-state index in [0.29, 0.717) is 10.4 Å². The summed E-state index contributed by atoms with van der Waals surface area (Å²) in [4.78, 5) is 37.7. The van der Waals surface area contributed by atoms with Crippen molar-refractivity contribution in [3.63, 3.8) is 0 Å². The van der Waals surface area contributed by atoms with E-state index in [1.807, 2.05) is 0 Å². The number of aromatic amines is 1. The van der Waals surface area contributed by atoms with Crippen molar-refractivity contribution in [2.24, 2.45) is 0 Å². The molecular formula is C13H10BrNO4S. The third-order valence-corrected chi connectivity index (χ3v) is 4.16. The molecule has 2 rings (SSSR count). The summed E-state index contributed by atoms with van der Waals surface area (Å²) in [6, 6.07) is 4.81. The molecule has 0 fully saturated rings. The van der Waals surface area contributed by atoms with Crippen LogP contribution in [0.2, 0.25) is 0 Å². The molecule has 0 aromatic carbocycles. The first kappa shape index (κ1) is 14.7. The molecule has 1 N–H and O–H groups in total. The zero-order chi connectivity index (χ0) is 14.7. The van der Waals surface area contributed by atoms with Gasteiger partial charge in [-0.1, -0.05) is 0 Å². The maximum absolute atomic E-state index is 11.8. The molecule has 2 aromatic rings. The van der Waals surface area contributed by atoms with Crippen LogP contribution in [0.4, 0.5) is 0 Å². The molecule has 104 valence electrons. The lowest BCUT2D eigenvalue weighted by atomic mass is 10.2. The highest BCUT2D eigenvalue weighted by molar-refractivity contribution is 9.11. The molecule has 0 amide bonds. The van der Waals surface area contributed by atoms with E-state index in [4.69, 9.17) is 4.74 Å². The predicted molar refractivity (Wildman–Crippen MR) is 77.4 cm³/mol. The van der Waals surface area contributed by atoms with Crippen molar-refractivity contribution in [1.29, 1.82) is 0 Å². The Morgan fingerprint density at radius 3 is 2.65 bits per heavy atom. The van der Waals surface area contributed by atoms with E-state index < -0.39 is 5.97 Å². The highest BCUT2D eigenvalue weighted by Gasteiger charge is 2.15. The van der Waals surface area contributed by atoms with Gasteiger partial charge in [0.1, 0.15) is 5.69 Å². The number of hydrogen-bond donors (Lipinski definition) is 1. The normalized spacial score (nSPS) is 10.3. The number of aromatic nitrogens is 1. The molecule has 0 spiro atoms. The van der Waals surface area contributed by atoms with Crippen LogP contribution in [0, 0.1) is 0 Å². The van der Waals surface area contributed by atoms with Crippen molar-refractivity contribution >= 4 is 44.8 Å². The summed E-state index contributed by atoms with van der Waals surface area (Å²) in [6.07, 6.45) is 1.43. The number of hydrogen-bond acceptors (Lipinski definition) is 5. The minimum Gasteiger partial charge on any atom is -0.453 e. The van der Waals surface area contributed by atoms with Crippen molar-refractivity contribution in [2.75, 3.05) is 6.61 Å². The molecule has 0 atom stereocenters. The SMILES string of the molecule is CC(=O)c1c[nH]c(C(=O)OCC(=O)c2ccc(Br)s2)c1. The molecule has 20 heavy (non-hydrogen) atoms. The number of H-pyrrole nitrogens is 1. The lowest BCUT2D eigenvalue weighted by Gasteiger charge is -2.01. The molecule has 0 bridgehead atoms. The largest absolute Gasteiger partial charge is 0.453 e. The Kier molecular flexibility index (Phi) is 4.51. The van der Waals surface area contributed by atoms with Crippen LogP contribution in [-0.4, -0.2) is 29.1 Å². The first-order valence-corrected chi connectivity index (χ1v) is 7.23. The van der Waals surface area contributed by atoms with Crippen LogP contribution in [0.3, 0.4) is 0 Å². The molecule has 2 aromatic heterocycles. The van der Waals surface area contributed by atoms with Crippen LogP contribution in [-0.2, 0) is 4.74 Å². The van der Waals surface area contributed by atoms with Gasteiger partial charge < -0.3 is 9.72 Å². The Morgan fingerprint density at radius 2 is 2.10 bits per heavy atom.